The summed E-state index contributed by atoms with van der Waals surface area (Å²) in [5.41, 5.74) is 15.4. The van der Waals surface area contributed by atoms with Crippen molar-refractivity contribution >= 4 is 29.8 Å². The second-order valence-corrected chi connectivity index (χ2v) is 6.42. The van der Waals surface area contributed by atoms with Crippen molar-refractivity contribution in [2.75, 3.05) is 0 Å². The molecule has 0 spiro atoms. The van der Waals surface area contributed by atoms with Crippen molar-refractivity contribution in [3.05, 3.63) is 35.4 Å². The summed E-state index contributed by atoms with van der Waals surface area (Å²) in [7, 11) is 0. The van der Waals surface area contributed by atoms with Gasteiger partial charge in [0.25, 0.3) is 0 Å². The minimum absolute atomic E-state index is 0.0198. The highest BCUT2D eigenvalue weighted by atomic mass is 16.4. The Morgan fingerprint density at radius 3 is 2.18 bits per heavy atom. The standard InChI is InChI=1S/C18H24N4O6/c19-13(8-9-23)15(26)18(22,17(27)28)12(2-1-3-14(24)25)10-4-6-11(7-5-10)16(20)21/h4-7,9,12-13H,1-3,8,19,22H2,(H3,20,21)(H,24,25)(H,27,28). The van der Waals surface area contributed by atoms with Crippen molar-refractivity contribution in [3.8, 4) is 0 Å². The number of nitrogens with one attached hydrogen (secondary N) is 1. The van der Waals surface area contributed by atoms with Gasteiger partial charge in [0.1, 0.15) is 12.1 Å². The summed E-state index contributed by atoms with van der Waals surface area (Å²) < 4.78 is 0. The Hall–Kier alpha value is -3.11. The van der Waals surface area contributed by atoms with Gasteiger partial charge in [-0.3, -0.25) is 15.0 Å². The Balaban J connectivity index is 3.40. The third-order valence-corrected chi connectivity index (χ3v) is 4.51. The van der Waals surface area contributed by atoms with Crippen molar-refractivity contribution in [3.63, 3.8) is 0 Å². The number of carboxylic acids is 2. The molecule has 0 bridgehead atoms. The largest absolute Gasteiger partial charge is 0.481 e. The number of nitrogen functional groups attached to an aromatic ring is 1. The lowest BCUT2D eigenvalue weighted by atomic mass is 9.72. The van der Waals surface area contributed by atoms with E-state index in [0.29, 0.717) is 17.4 Å². The van der Waals surface area contributed by atoms with E-state index in [1.165, 1.54) is 24.3 Å². The smallest absolute Gasteiger partial charge is 0.332 e. The van der Waals surface area contributed by atoms with Crippen LogP contribution in [0.25, 0.3) is 0 Å². The van der Waals surface area contributed by atoms with Crippen LogP contribution in [0.3, 0.4) is 0 Å². The SMILES string of the molecule is N=C(N)c1ccc(C(CCCC(=O)O)C(N)(C(=O)O)C(=O)C(N)CC=O)cc1. The van der Waals surface area contributed by atoms with Gasteiger partial charge in [-0.05, 0) is 18.4 Å². The van der Waals surface area contributed by atoms with Crippen molar-refractivity contribution in [2.24, 2.45) is 17.2 Å². The lowest BCUT2D eigenvalue weighted by Crippen LogP contribution is -2.63. The van der Waals surface area contributed by atoms with E-state index in [1.807, 2.05) is 0 Å². The molecule has 3 atom stereocenters. The van der Waals surface area contributed by atoms with Crippen LogP contribution < -0.4 is 17.2 Å². The quantitative estimate of drug-likeness (QED) is 0.118. The monoisotopic (exact) mass is 392 g/mol. The number of rotatable bonds is 12. The van der Waals surface area contributed by atoms with Crippen LogP contribution in [0.2, 0.25) is 0 Å². The van der Waals surface area contributed by atoms with E-state index < -0.39 is 41.6 Å². The third-order valence-electron chi connectivity index (χ3n) is 4.51. The van der Waals surface area contributed by atoms with E-state index in [9.17, 15) is 24.3 Å². The van der Waals surface area contributed by atoms with Crippen LogP contribution in [0.15, 0.2) is 24.3 Å². The molecule has 9 N–H and O–H groups in total. The number of Topliss-reactive ketones (excluding diaryl/α,β-unsaturated/α-hetero) is 1. The van der Waals surface area contributed by atoms with Gasteiger partial charge in [-0.1, -0.05) is 24.3 Å². The molecular formula is C18H24N4O6. The first-order valence-corrected chi connectivity index (χ1v) is 8.47. The molecule has 0 amide bonds. The first kappa shape index (κ1) is 22.9. The number of hydrogen-bond donors (Lipinski definition) is 6. The van der Waals surface area contributed by atoms with Crippen LogP contribution in [-0.4, -0.2) is 51.6 Å². The van der Waals surface area contributed by atoms with E-state index in [-0.39, 0.29) is 25.1 Å². The number of carbonyl (C=O) groups is 4. The van der Waals surface area contributed by atoms with Crippen molar-refractivity contribution in [1.29, 1.82) is 5.41 Å². The summed E-state index contributed by atoms with van der Waals surface area (Å²) in [6.45, 7) is 0. The molecule has 1 aromatic carbocycles. The summed E-state index contributed by atoms with van der Waals surface area (Å²) in [6, 6.07) is 4.49. The highest BCUT2D eigenvalue weighted by Crippen LogP contribution is 2.34. The highest BCUT2D eigenvalue weighted by Gasteiger charge is 2.50. The van der Waals surface area contributed by atoms with Crippen molar-refractivity contribution < 1.29 is 29.4 Å². The molecule has 0 radical (unpaired) electrons. The molecule has 0 heterocycles. The molecule has 1 rings (SSSR count). The summed E-state index contributed by atoms with van der Waals surface area (Å²) >= 11 is 0. The molecule has 0 saturated carbocycles. The molecule has 0 fully saturated rings. The van der Waals surface area contributed by atoms with Gasteiger partial charge < -0.3 is 32.2 Å². The Bertz CT molecular complexity index is 764. The van der Waals surface area contributed by atoms with E-state index in [0.717, 1.165) is 0 Å². The molecule has 28 heavy (non-hydrogen) atoms. The van der Waals surface area contributed by atoms with Gasteiger partial charge in [-0.2, -0.15) is 0 Å². The fourth-order valence-corrected chi connectivity index (χ4v) is 2.95. The number of amidine groups is 1. The molecule has 3 unspecified atom stereocenters. The number of ketones is 1. The molecule has 10 nitrogen and oxygen atoms in total. The Labute approximate surface area is 161 Å². The number of aldehydes is 1. The van der Waals surface area contributed by atoms with Crippen LogP contribution in [0.4, 0.5) is 0 Å². The zero-order valence-electron chi connectivity index (χ0n) is 15.1. The van der Waals surface area contributed by atoms with Gasteiger partial charge in [0.15, 0.2) is 11.3 Å². The van der Waals surface area contributed by atoms with E-state index in [1.54, 1.807) is 0 Å². The minimum Gasteiger partial charge on any atom is -0.481 e. The van der Waals surface area contributed by atoms with Gasteiger partial charge in [0.05, 0.1) is 6.04 Å². The predicted molar refractivity (Wildman–Crippen MR) is 99.9 cm³/mol. The summed E-state index contributed by atoms with van der Waals surface area (Å²) in [4.78, 5) is 46.2. The number of aliphatic carboxylic acids is 2. The van der Waals surface area contributed by atoms with Gasteiger partial charge >= 0.3 is 11.9 Å². The van der Waals surface area contributed by atoms with Gasteiger partial charge in [-0.25, -0.2) is 4.79 Å². The maximum atomic E-state index is 12.7. The lowest BCUT2D eigenvalue weighted by molar-refractivity contribution is -0.150. The molecule has 0 aliphatic heterocycles. The second-order valence-electron chi connectivity index (χ2n) is 6.42. The van der Waals surface area contributed by atoms with Crippen LogP contribution in [0, 0.1) is 5.41 Å². The summed E-state index contributed by atoms with van der Waals surface area (Å²) in [5.74, 6) is -5.03. The maximum absolute atomic E-state index is 12.7. The first-order valence-electron chi connectivity index (χ1n) is 8.47. The topological polar surface area (TPSA) is 211 Å². The Morgan fingerprint density at radius 2 is 1.75 bits per heavy atom. The number of carboxylic acid groups (broad SMARTS) is 2. The van der Waals surface area contributed by atoms with Crippen LogP contribution in [0.5, 0.6) is 0 Å². The molecule has 0 aliphatic carbocycles. The van der Waals surface area contributed by atoms with E-state index in [4.69, 9.17) is 27.7 Å². The molecule has 10 heteroatoms. The number of nitrogens with two attached hydrogens (primary N) is 3. The maximum Gasteiger partial charge on any atom is 0.332 e. The molecule has 0 saturated heterocycles. The fraction of sp³-hybridized carbons (Fsp3) is 0.389. The normalized spacial score (nSPS) is 15.1. The Kier molecular flexibility index (Phi) is 7.96. The summed E-state index contributed by atoms with van der Waals surface area (Å²) in [5, 5.41) is 26.0. The number of carbonyl (C=O) groups excluding carboxylic acids is 2. The van der Waals surface area contributed by atoms with E-state index in [2.05, 4.69) is 0 Å². The highest BCUT2D eigenvalue weighted by molar-refractivity contribution is 6.11. The predicted octanol–water partition coefficient (Wildman–Crippen LogP) is -0.423. The van der Waals surface area contributed by atoms with Crippen LogP contribution in [-0.2, 0) is 19.2 Å². The van der Waals surface area contributed by atoms with Crippen molar-refractivity contribution in [2.45, 2.75) is 43.2 Å². The number of benzene rings is 1. The lowest BCUT2D eigenvalue weighted by Gasteiger charge is -2.34. The summed E-state index contributed by atoms with van der Waals surface area (Å²) in [6.07, 6.45) is -0.195. The minimum atomic E-state index is -2.46. The molecule has 0 aromatic heterocycles. The average molecular weight is 392 g/mol. The van der Waals surface area contributed by atoms with E-state index >= 15 is 0 Å². The molecule has 0 aliphatic rings. The first-order chi connectivity index (χ1) is 13.0. The van der Waals surface area contributed by atoms with Gasteiger partial charge in [0.2, 0.25) is 0 Å². The molecule has 1 aromatic rings. The number of hydrogen-bond acceptors (Lipinski definition) is 7. The van der Waals surface area contributed by atoms with Gasteiger partial charge in [-0.15, -0.1) is 0 Å². The Morgan fingerprint density at radius 1 is 1.18 bits per heavy atom. The average Bonchev–Trinajstić information content (AvgIpc) is 2.64. The third kappa shape index (κ3) is 5.21. The van der Waals surface area contributed by atoms with Gasteiger partial charge in [0, 0.05) is 24.3 Å². The van der Waals surface area contributed by atoms with Crippen LogP contribution in [0.1, 0.15) is 42.7 Å². The second kappa shape index (κ2) is 9.72. The fourth-order valence-electron chi connectivity index (χ4n) is 2.95. The van der Waals surface area contributed by atoms with Crippen LogP contribution >= 0.6 is 0 Å². The zero-order valence-corrected chi connectivity index (χ0v) is 15.1. The molecule has 152 valence electrons. The zero-order chi connectivity index (χ0) is 21.5. The molecular weight excluding hydrogens is 368 g/mol. The van der Waals surface area contributed by atoms with Crippen molar-refractivity contribution in [1.82, 2.24) is 0 Å².